The highest BCUT2D eigenvalue weighted by atomic mass is 32.1. The first-order chi connectivity index (χ1) is 16.6. The summed E-state index contributed by atoms with van der Waals surface area (Å²) in [6.45, 7) is 6.33. The first-order valence-corrected chi connectivity index (χ1v) is 13.1. The van der Waals surface area contributed by atoms with E-state index < -0.39 is 11.6 Å². The summed E-state index contributed by atoms with van der Waals surface area (Å²) >= 11 is 1.68. The summed E-state index contributed by atoms with van der Waals surface area (Å²) in [4.78, 5) is 36.1. The van der Waals surface area contributed by atoms with Crippen LogP contribution in [0, 0.1) is 0 Å². The highest BCUT2D eigenvalue weighted by Gasteiger charge is 2.33. The highest BCUT2D eigenvalue weighted by molar-refractivity contribution is 7.19. The van der Waals surface area contributed by atoms with Crippen LogP contribution in [-0.2, 0) is 20.7 Å². The van der Waals surface area contributed by atoms with Gasteiger partial charge in [0.15, 0.2) is 0 Å². The Labute approximate surface area is 209 Å². The smallest absolute Gasteiger partial charge is 0.410 e. The number of rotatable bonds is 8. The molecule has 0 saturated heterocycles. The third kappa shape index (κ3) is 6.22. The number of aromatic nitrogens is 2. The molecule has 0 radical (unpaired) electrons. The van der Waals surface area contributed by atoms with Crippen LogP contribution in [0.25, 0.3) is 10.2 Å². The molecule has 2 aromatic rings. The number of aliphatic carboxylic acids is 1. The van der Waals surface area contributed by atoms with Crippen molar-refractivity contribution in [1.29, 1.82) is 0 Å². The molecule has 9 nitrogen and oxygen atoms in total. The Balaban J connectivity index is 1.40. The summed E-state index contributed by atoms with van der Waals surface area (Å²) in [5.74, 6) is -0.0396. The molecule has 1 N–H and O–H groups in total. The number of carboxylic acid groups (broad SMARTS) is 1. The first kappa shape index (κ1) is 25.6. The maximum Gasteiger partial charge on any atom is 0.410 e. The lowest BCUT2D eigenvalue weighted by Crippen LogP contribution is -2.43. The van der Waals surface area contributed by atoms with Gasteiger partial charge in [-0.1, -0.05) is 0 Å². The molecule has 2 aliphatic carbocycles. The maximum atomic E-state index is 12.4. The zero-order valence-electron chi connectivity index (χ0n) is 20.9. The molecule has 192 valence electrons. The summed E-state index contributed by atoms with van der Waals surface area (Å²) in [5, 5.41) is 9.82. The van der Waals surface area contributed by atoms with Gasteiger partial charge < -0.3 is 24.2 Å². The van der Waals surface area contributed by atoms with Gasteiger partial charge in [-0.05, 0) is 64.9 Å². The van der Waals surface area contributed by atoms with Gasteiger partial charge in [0.1, 0.15) is 22.9 Å². The van der Waals surface area contributed by atoms with Crippen LogP contribution in [0.4, 0.5) is 4.79 Å². The molecule has 10 heteroatoms. The van der Waals surface area contributed by atoms with Crippen molar-refractivity contribution < 1.29 is 28.9 Å². The van der Waals surface area contributed by atoms with Crippen molar-refractivity contribution in [2.24, 2.45) is 0 Å². The Kier molecular flexibility index (Phi) is 7.80. The average Bonchev–Trinajstić information content (AvgIpc) is 3.35. The van der Waals surface area contributed by atoms with Crippen LogP contribution >= 0.6 is 11.3 Å². The third-order valence-corrected chi connectivity index (χ3v) is 7.80. The van der Waals surface area contributed by atoms with E-state index in [1.54, 1.807) is 29.6 Å². The maximum absolute atomic E-state index is 12.4. The lowest BCUT2D eigenvalue weighted by Gasteiger charge is -2.35. The number of carbonyl (C=O) groups excluding carboxylic acids is 1. The van der Waals surface area contributed by atoms with E-state index in [2.05, 4.69) is 9.97 Å². The monoisotopic (exact) mass is 505 g/mol. The van der Waals surface area contributed by atoms with Gasteiger partial charge in [-0.2, -0.15) is 0 Å². The van der Waals surface area contributed by atoms with Crippen molar-refractivity contribution in [3.63, 3.8) is 0 Å². The van der Waals surface area contributed by atoms with E-state index in [0.717, 1.165) is 48.7 Å². The number of carbonyl (C=O) groups is 2. The number of aryl methyl sites for hydroxylation is 1. The number of carboxylic acids is 1. The molecule has 0 aliphatic heterocycles. The van der Waals surface area contributed by atoms with Gasteiger partial charge in [-0.25, -0.2) is 14.8 Å². The Morgan fingerprint density at radius 2 is 1.91 bits per heavy atom. The van der Waals surface area contributed by atoms with Crippen LogP contribution in [0.15, 0.2) is 6.33 Å². The van der Waals surface area contributed by atoms with Crippen LogP contribution in [0.1, 0.15) is 75.7 Å². The van der Waals surface area contributed by atoms with Gasteiger partial charge in [-0.15, -0.1) is 11.3 Å². The number of thiophene rings is 1. The van der Waals surface area contributed by atoms with Gasteiger partial charge in [0.25, 0.3) is 0 Å². The molecule has 0 bridgehead atoms. The average molecular weight is 506 g/mol. The molecule has 1 atom stereocenters. The summed E-state index contributed by atoms with van der Waals surface area (Å²) < 4.78 is 17.6. The number of nitrogens with zero attached hydrogens (tertiary/aromatic N) is 3. The lowest BCUT2D eigenvalue weighted by molar-refractivity contribution is -0.138. The molecule has 1 fully saturated rings. The Morgan fingerprint density at radius 3 is 2.60 bits per heavy atom. The second-order valence-corrected chi connectivity index (χ2v) is 11.5. The van der Waals surface area contributed by atoms with E-state index in [-0.39, 0.29) is 37.2 Å². The lowest BCUT2D eigenvalue weighted by atomic mass is 9.92. The number of amides is 1. The van der Waals surface area contributed by atoms with E-state index in [0.29, 0.717) is 12.5 Å². The van der Waals surface area contributed by atoms with Crippen LogP contribution < -0.4 is 4.74 Å². The zero-order chi connectivity index (χ0) is 25.2. The number of ether oxygens (including phenoxy) is 3. The van der Waals surface area contributed by atoms with Crippen molar-refractivity contribution in [3.8, 4) is 5.88 Å². The molecule has 2 aliphatic rings. The fourth-order valence-corrected chi connectivity index (χ4v) is 6.10. The standard InChI is InChI=1S/C25H35N3O6S/c1-25(2,3)34-24(31)28(4)16-6-8-17(9-7-16)33-22-21-20-15(13-32-12-11-19(29)30)5-10-18(20)35-23(21)27-14-26-22/h14-17H,5-13H2,1-4H3,(H,29,30)/t15-,16?,17?/m1/s1. The number of fused-ring (bicyclic) bond motifs is 3. The van der Waals surface area contributed by atoms with Crippen molar-refractivity contribution in [1.82, 2.24) is 14.9 Å². The van der Waals surface area contributed by atoms with Gasteiger partial charge in [0.05, 0.1) is 25.0 Å². The summed E-state index contributed by atoms with van der Waals surface area (Å²) in [5.41, 5.74) is 0.693. The normalized spacial score (nSPS) is 22.1. The molecular weight excluding hydrogens is 470 g/mol. The Bertz CT molecular complexity index is 1060. The van der Waals surface area contributed by atoms with Crippen molar-refractivity contribution >= 4 is 33.6 Å². The zero-order valence-corrected chi connectivity index (χ0v) is 21.7. The van der Waals surface area contributed by atoms with Crippen LogP contribution in [0.2, 0.25) is 0 Å². The van der Waals surface area contributed by atoms with Crippen LogP contribution in [-0.4, -0.2) is 70.0 Å². The van der Waals surface area contributed by atoms with Crippen LogP contribution in [0.3, 0.4) is 0 Å². The minimum absolute atomic E-state index is 0.00717. The van der Waals surface area contributed by atoms with Crippen molar-refractivity contribution in [2.45, 2.75) is 89.4 Å². The Morgan fingerprint density at radius 1 is 1.17 bits per heavy atom. The quantitative estimate of drug-likeness (QED) is 0.511. The van der Waals surface area contributed by atoms with E-state index in [9.17, 15) is 9.59 Å². The van der Waals surface area contributed by atoms with E-state index in [4.69, 9.17) is 19.3 Å². The van der Waals surface area contributed by atoms with E-state index in [1.807, 2.05) is 20.8 Å². The molecular formula is C25H35N3O6S. The summed E-state index contributed by atoms with van der Waals surface area (Å²) in [6, 6.07) is 0.132. The number of hydrogen-bond acceptors (Lipinski definition) is 8. The van der Waals surface area contributed by atoms with Gasteiger partial charge >= 0.3 is 12.1 Å². The second kappa shape index (κ2) is 10.7. The fraction of sp³-hybridized carbons (Fsp3) is 0.680. The molecule has 1 saturated carbocycles. The molecule has 4 rings (SSSR count). The predicted octanol–water partition coefficient (Wildman–Crippen LogP) is 4.77. The molecule has 2 heterocycles. The van der Waals surface area contributed by atoms with Crippen molar-refractivity contribution in [2.75, 3.05) is 20.3 Å². The minimum atomic E-state index is -0.853. The SMILES string of the molecule is CN(C(=O)OC(C)(C)C)C1CCC(Oc2ncnc3sc4c(c23)[C@@H](COCCC(=O)O)CC4)CC1. The van der Waals surface area contributed by atoms with E-state index >= 15 is 0 Å². The molecule has 35 heavy (non-hydrogen) atoms. The fourth-order valence-electron chi connectivity index (χ4n) is 4.87. The highest BCUT2D eigenvalue weighted by Crippen LogP contribution is 2.46. The largest absolute Gasteiger partial charge is 0.481 e. The van der Waals surface area contributed by atoms with Gasteiger partial charge in [-0.3, -0.25) is 4.79 Å². The molecule has 0 unspecified atom stereocenters. The molecule has 0 spiro atoms. The Hall–Kier alpha value is -2.46. The van der Waals surface area contributed by atoms with Crippen molar-refractivity contribution in [3.05, 3.63) is 16.8 Å². The summed E-state index contributed by atoms with van der Waals surface area (Å²) in [7, 11) is 1.81. The minimum Gasteiger partial charge on any atom is -0.481 e. The molecule has 1 amide bonds. The topological polar surface area (TPSA) is 111 Å². The summed E-state index contributed by atoms with van der Waals surface area (Å²) in [6.07, 6.45) is 6.59. The third-order valence-electron chi connectivity index (χ3n) is 6.63. The molecule has 0 aromatic carbocycles. The van der Waals surface area contributed by atoms with E-state index in [1.165, 1.54) is 10.4 Å². The second-order valence-electron chi connectivity index (χ2n) is 10.4. The van der Waals surface area contributed by atoms with Crippen LogP contribution in [0.5, 0.6) is 5.88 Å². The predicted molar refractivity (Wildman–Crippen MR) is 132 cm³/mol. The van der Waals surface area contributed by atoms with Gasteiger partial charge in [0.2, 0.25) is 5.88 Å². The van der Waals surface area contributed by atoms with Gasteiger partial charge in [0, 0.05) is 23.9 Å². The first-order valence-electron chi connectivity index (χ1n) is 12.3. The number of hydrogen-bond donors (Lipinski definition) is 1. The molecule has 2 aromatic heterocycles.